The van der Waals surface area contributed by atoms with Gasteiger partial charge in [-0.2, -0.15) is 0 Å². The summed E-state index contributed by atoms with van der Waals surface area (Å²) in [4.78, 5) is 11.7. The molecule has 17 heavy (non-hydrogen) atoms. The first-order valence-electron chi connectivity index (χ1n) is 5.07. The molecule has 6 heteroatoms. The smallest absolute Gasteiger partial charge is 0.251 e. The second-order valence-corrected chi connectivity index (χ2v) is 5.87. The second-order valence-electron chi connectivity index (χ2n) is 3.86. The predicted octanol–water partition coefficient (Wildman–Crippen LogP) is 0.201. The van der Waals surface area contributed by atoms with Crippen molar-refractivity contribution in [3.8, 4) is 0 Å². The van der Waals surface area contributed by atoms with Gasteiger partial charge in [0.2, 0.25) is 0 Å². The molecular formula is C11H15NO4S. The van der Waals surface area contributed by atoms with Crippen LogP contribution in [0.3, 0.4) is 0 Å². The monoisotopic (exact) mass is 257 g/mol. The SMILES string of the molecule is CC(O)CNC(=O)c1cccc(S(C)(=O)=O)c1. The molecule has 2 N–H and O–H groups in total. The number of aliphatic hydroxyl groups is 1. The molecule has 0 bridgehead atoms. The summed E-state index contributed by atoms with van der Waals surface area (Å²) < 4.78 is 22.6. The first-order chi connectivity index (χ1) is 7.80. The molecule has 0 aliphatic rings. The molecule has 0 heterocycles. The van der Waals surface area contributed by atoms with Gasteiger partial charge in [-0.3, -0.25) is 4.79 Å². The molecule has 1 aromatic carbocycles. The number of amides is 1. The normalized spacial score (nSPS) is 13.1. The Morgan fingerprint density at radius 1 is 1.47 bits per heavy atom. The number of hydrogen-bond donors (Lipinski definition) is 2. The Kier molecular flexibility index (Phi) is 4.25. The summed E-state index contributed by atoms with van der Waals surface area (Å²) in [6.07, 6.45) is 0.442. The van der Waals surface area contributed by atoms with Crippen LogP contribution in [0.2, 0.25) is 0 Å². The van der Waals surface area contributed by atoms with Crippen molar-refractivity contribution < 1.29 is 18.3 Å². The fourth-order valence-corrected chi connectivity index (χ4v) is 1.88. The zero-order chi connectivity index (χ0) is 13.1. The van der Waals surface area contributed by atoms with E-state index < -0.39 is 21.8 Å². The Balaban J connectivity index is 2.89. The van der Waals surface area contributed by atoms with Gasteiger partial charge in [0.1, 0.15) is 0 Å². The van der Waals surface area contributed by atoms with Gasteiger partial charge in [0, 0.05) is 18.4 Å². The third-order valence-electron chi connectivity index (χ3n) is 2.08. The van der Waals surface area contributed by atoms with Crippen LogP contribution in [0.1, 0.15) is 17.3 Å². The minimum atomic E-state index is -3.32. The second kappa shape index (κ2) is 5.29. The Morgan fingerprint density at radius 3 is 2.65 bits per heavy atom. The number of aliphatic hydroxyl groups excluding tert-OH is 1. The largest absolute Gasteiger partial charge is 0.392 e. The lowest BCUT2D eigenvalue weighted by Gasteiger charge is -2.07. The van der Waals surface area contributed by atoms with Gasteiger partial charge in [0.25, 0.3) is 5.91 Å². The van der Waals surface area contributed by atoms with Crippen molar-refractivity contribution >= 4 is 15.7 Å². The molecule has 0 fully saturated rings. The molecular weight excluding hydrogens is 242 g/mol. The molecule has 0 saturated carbocycles. The minimum Gasteiger partial charge on any atom is -0.392 e. The molecule has 1 unspecified atom stereocenters. The number of rotatable bonds is 4. The highest BCUT2D eigenvalue weighted by Gasteiger charge is 2.11. The molecule has 1 atom stereocenters. The maximum absolute atomic E-state index is 11.6. The number of benzene rings is 1. The van der Waals surface area contributed by atoms with Crippen LogP contribution in [0.5, 0.6) is 0 Å². The maximum atomic E-state index is 11.6. The molecule has 0 aromatic heterocycles. The number of sulfone groups is 1. The van der Waals surface area contributed by atoms with Crippen molar-refractivity contribution in [1.82, 2.24) is 5.32 Å². The van der Waals surface area contributed by atoms with E-state index in [1.807, 2.05) is 0 Å². The fourth-order valence-electron chi connectivity index (χ4n) is 1.21. The maximum Gasteiger partial charge on any atom is 0.251 e. The Morgan fingerprint density at radius 2 is 2.12 bits per heavy atom. The van der Waals surface area contributed by atoms with Crippen LogP contribution in [0.25, 0.3) is 0 Å². The number of carbonyl (C=O) groups is 1. The summed E-state index contributed by atoms with van der Waals surface area (Å²) in [6.45, 7) is 1.68. The van der Waals surface area contributed by atoms with Crippen LogP contribution in [0, 0.1) is 0 Å². The Labute approximate surface area is 100 Å². The van der Waals surface area contributed by atoms with Crippen LogP contribution < -0.4 is 5.32 Å². The zero-order valence-electron chi connectivity index (χ0n) is 9.67. The lowest BCUT2D eigenvalue weighted by molar-refractivity contribution is 0.0924. The highest BCUT2D eigenvalue weighted by Crippen LogP contribution is 2.11. The summed E-state index contributed by atoms with van der Waals surface area (Å²) in [5.41, 5.74) is 0.258. The average molecular weight is 257 g/mol. The fraction of sp³-hybridized carbons (Fsp3) is 0.364. The van der Waals surface area contributed by atoms with Gasteiger partial charge in [-0.1, -0.05) is 6.07 Å². The highest BCUT2D eigenvalue weighted by molar-refractivity contribution is 7.90. The third kappa shape index (κ3) is 4.16. The van der Waals surface area contributed by atoms with Gasteiger partial charge >= 0.3 is 0 Å². The van der Waals surface area contributed by atoms with E-state index in [-0.39, 0.29) is 17.0 Å². The van der Waals surface area contributed by atoms with Crippen molar-refractivity contribution in [3.63, 3.8) is 0 Å². The summed E-state index contributed by atoms with van der Waals surface area (Å²) in [7, 11) is -3.32. The topological polar surface area (TPSA) is 83.5 Å². The van der Waals surface area contributed by atoms with Gasteiger partial charge in [-0.05, 0) is 25.1 Å². The van der Waals surface area contributed by atoms with E-state index in [0.29, 0.717) is 0 Å². The van der Waals surface area contributed by atoms with E-state index in [4.69, 9.17) is 5.11 Å². The molecule has 0 radical (unpaired) electrons. The molecule has 1 rings (SSSR count). The summed E-state index contributed by atoms with van der Waals surface area (Å²) in [5.74, 6) is -0.406. The van der Waals surface area contributed by atoms with Gasteiger partial charge in [0.15, 0.2) is 9.84 Å². The third-order valence-corrected chi connectivity index (χ3v) is 3.19. The van der Waals surface area contributed by atoms with Crippen LogP contribution >= 0.6 is 0 Å². The van der Waals surface area contributed by atoms with Crippen molar-refractivity contribution in [2.24, 2.45) is 0 Å². The Hall–Kier alpha value is -1.40. The quantitative estimate of drug-likeness (QED) is 0.807. The number of carbonyl (C=O) groups excluding carboxylic acids is 1. The van der Waals surface area contributed by atoms with Crippen LogP contribution in [-0.4, -0.2) is 38.3 Å². The predicted molar refractivity (Wildman–Crippen MR) is 63.6 cm³/mol. The van der Waals surface area contributed by atoms with Crippen LogP contribution in [0.4, 0.5) is 0 Å². The summed E-state index contributed by atoms with van der Waals surface area (Å²) >= 11 is 0. The van der Waals surface area contributed by atoms with E-state index >= 15 is 0 Å². The standard InChI is InChI=1S/C11H15NO4S/c1-8(13)7-12-11(14)9-4-3-5-10(6-9)17(2,15)16/h3-6,8,13H,7H2,1-2H3,(H,12,14). The molecule has 0 aliphatic carbocycles. The zero-order valence-corrected chi connectivity index (χ0v) is 10.5. The average Bonchev–Trinajstić information content (AvgIpc) is 2.25. The summed E-state index contributed by atoms with van der Waals surface area (Å²) in [5, 5.41) is 11.5. The van der Waals surface area contributed by atoms with Crippen molar-refractivity contribution in [2.45, 2.75) is 17.9 Å². The van der Waals surface area contributed by atoms with Gasteiger partial charge in [-0.25, -0.2) is 8.42 Å². The van der Waals surface area contributed by atoms with Crippen molar-refractivity contribution in [2.75, 3.05) is 12.8 Å². The van der Waals surface area contributed by atoms with E-state index in [1.165, 1.54) is 24.3 Å². The van der Waals surface area contributed by atoms with Gasteiger partial charge < -0.3 is 10.4 Å². The highest BCUT2D eigenvalue weighted by atomic mass is 32.2. The Bertz CT molecular complexity index is 508. The lowest BCUT2D eigenvalue weighted by atomic mass is 10.2. The first-order valence-corrected chi connectivity index (χ1v) is 6.96. The molecule has 0 aliphatic heterocycles. The number of hydrogen-bond acceptors (Lipinski definition) is 4. The molecule has 5 nitrogen and oxygen atoms in total. The number of nitrogens with one attached hydrogen (secondary N) is 1. The van der Waals surface area contributed by atoms with Gasteiger partial charge in [0.05, 0.1) is 11.0 Å². The molecule has 0 spiro atoms. The molecule has 1 amide bonds. The van der Waals surface area contributed by atoms with Crippen LogP contribution in [-0.2, 0) is 9.84 Å². The van der Waals surface area contributed by atoms with Crippen molar-refractivity contribution in [3.05, 3.63) is 29.8 Å². The summed E-state index contributed by atoms with van der Waals surface area (Å²) in [6, 6.07) is 5.77. The van der Waals surface area contributed by atoms with Gasteiger partial charge in [-0.15, -0.1) is 0 Å². The van der Waals surface area contributed by atoms with Crippen molar-refractivity contribution in [1.29, 1.82) is 0 Å². The van der Waals surface area contributed by atoms with E-state index in [0.717, 1.165) is 6.26 Å². The molecule has 94 valence electrons. The molecule has 1 aromatic rings. The molecule has 0 saturated heterocycles. The van der Waals surface area contributed by atoms with E-state index in [9.17, 15) is 13.2 Å². The van der Waals surface area contributed by atoms with E-state index in [1.54, 1.807) is 6.92 Å². The van der Waals surface area contributed by atoms with Crippen LogP contribution in [0.15, 0.2) is 29.2 Å². The van der Waals surface area contributed by atoms with E-state index in [2.05, 4.69) is 5.32 Å². The lowest BCUT2D eigenvalue weighted by Crippen LogP contribution is -2.30. The minimum absolute atomic E-state index is 0.0993. The first kappa shape index (κ1) is 13.7.